The summed E-state index contributed by atoms with van der Waals surface area (Å²) in [5, 5.41) is 0.568. The number of ether oxygens (including phenoxy) is 1. The molecule has 0 N–H and O–H groups in total. The van der Waals surface area contributed by atoms with Crippen LogP contribution in [0.25, 0.3) is 10.2 Å². The summed E-state index contributed by atoms with van der Waals surface area (Å²) >= 11 is 1.42. The quantitative estimate of drug-likeness (QED) is 0.280. The number of sulfonamides is 1. The van der Waals surface area contributed by atoms with E-state index in [1.54, 1.807) is 24.1 Å². The summed E-state index contributed by atoms with van der Waals surface area (Å²) in [7, 11) is 1.80. The van der Waals surface area contributed by atoms with Crippen molar-refractivity contribution >= 4 is 55.0 Å². The highest BCUT2D eigenvalue weighted by atomic mass is 35.5. The van der Waals surface area contributed by atoms with Crippen molar-refractivity contribution in [2.24, 2.45) is 0 Å². The number of hydrogen-bond donors (Lipinski definition) is 0. The first-order valence-electron chi connectivity index (χ1n) is 11.4. The van der Waals surface area contributed by atoms with E-state index in [9.17, 15) is 13.2 Å². The Kier molecular flexibility index (Phi) is 11.3. The van der Waals surface area contributed by atoms with Crippen LogP contribution < -0.4 is 9.64 Å². The highest BCUT2D eigenvalue weighted by Crippen LogP contribution is 2.34. The van der Waals surface area contributed by atoms with E-state index in [0.29, 0.717) is 28.5 Å². The molecular weight excluding hydrogens is 532 g/mol. The van der Waals surface area contributed by atoms with E-state index in [2.05, 4.69) is 18.1 Å². The smallest absolute Gasteiger partial charge is 0.260 e. The number of para-hydroxylation sites is 1. The van der Waals surface area contributed by atoms with Crippen molar-refractivity contribution in [3.8, 4) is 5.75 Å². The molecule has 200 valence electrons. The summed E-state index contributed by atoms with van der Waals surface area (Å²) < 4.78 is 33.7. The highest BCUT2D eigenvalue weighted by molar-refractivity contribution is 7.89. The average Bonchev–Trinajstić information content (AvgIpc) is 3.30. The normalized spacial score (nSPS) is 11.4. The molecule has 0 aliphatic carbocycles. The largest absolute Gasteiger partial charge is 0.494 e. The number of carbonyl (C=O) groups is 1. The number of methoxy groups -OCH3 is 1. The standard InChI is InChI=1S/C26H32N4O4S2.ClH/c1-6-16-29(17-7-2)36(32,33)21-14-12-20(13-15-21)25(31)30(19-9-18-28(3)4)26-27-24-22(34-5)10-8-11-23(24)35-26;/h6-8,10-15H,1-2,9,16-19H2,3-5H3;1H. The number of carbonyl (C=O) groups excluding carboxylic acids is 1. The van der Waals surface area contributed by atoms with Crippen LogP contribution in [0.4, 0.5) is 5.13 Å². The maximum atomic E-state index is 13.6. The van der Waals surface area contributed by atoms with Gasteiger partial charge in [0.2, 0.25) is 10.0 Å². The third-order valence-electron chi connectivity index (χ3n) is 5.46. The van der Waals surface area contributed by atoms with Gasteiger partial charge in [0.1, 0.15) is 11.3 Å². The first kappa shape index (κ1) is 30.5. The van der Waals surface area contributed by atoms with Crippen LogP contribution in [0.15, 0.2) is 72.7 Å². The maximum Gasteiger partial charge on any atom is 0.260 e. The van der Waals surface area contributed by atoms with Crippen molar-refractivity contribution in [3.63, 3.8) is 0 Å². The Bertz CT molecular complexity index is 1310. The molecule has 0 saturated heterocycles. The molecule has 3 aromatic rings. The lowest BCUT2D eigenvalue weighted by atomic mass is 10.2. The van der Waals surface area contributed by atoms with Gasteiger partial charge >= 0.3 is 0 Å². The molecule has 2 aromatic carbocycles. The third-order valence-corrected chi connectivity index (χ3v) is 8.35. The van der Waals surface area contributed by atoms with Gasteiger partial charge in [-0.15, -0.1) is 25.6 Å². The Morgan fingerprint density at radius 1 is 1.05 bits per heavy atom. The molecule has 0 aliphatic heterocycles. The number of hydrogen-bond acceptors (Lipinski definition) is 7. The third kappa shape index (κ3) is 7.18. The van der Waals surface area contributed by atoms with Crippen LogP contribution in [0.5, 0.6) is 5.75 Å². The monoisotopic (exact) mass is 564 g/mol. The van der Waals surface area contributed by atoms with Crippen molar-refractivity contribution < 1.29 is 17.9 Å². The van der Waals surface area contributed by atoms with Gasteiger partial charge in [-0.3, -0.25) is 9.69 Å². The van der Waals surface area contributed by atoms with Crippen molar-refractivity contribution in [1.82, 2.24) is 14.2 Å². The maximum absolute atomic E-state index is 13.6. The second-order valence-electron chi connectivity index (χ2n) is 8.34. The number of halogens is 1. The molecule has 0 aliphatic rings. The summed E-state index contributed by atoms with van der Waals surface area (Å²) in [6.07, 6.45) is 3.80. The van der Waals surface area contributed by atoms with Gasteiger partial charge in [0.15, 0.2) is 5.13 Å². The van der Waals surface area contributed by atoms with Crippen LogP contribution in [-0.4, -0.2) is 75.9 Å². The zero-order valence-corrected chi connectivity index (χ0v) is 23.7. The Labute approximate surface area is 229 Å². The fourth-order valence-electron chi connectivity index (χ4n) is 3.65. The molecule has 37 heavy (non-hydrogen) atoms. The van der Waals surface area contributed by atoms with Gasteiger partial charge in [-0.25, -0.2) is 13.4 Å². The average molecular weight is 565 g/mol. The van der Waals surface area contributed by atoms with Crippen LogP contribution in [0.2, 0.25) is 0 Å². The summed E-state index contributed by atoms with van der Waals surface area (Å²) in [6.45, 7) is 8.85. The summed E-state index contributed by atoms with van der Waals surface area (Å²) in [5.41, 5.74) is 1.08. The Hall–Kier alpha value is -2.76. The molecule has 0 unspecified atom stereocenters. The number of anilines is 1. The molecule has 0 spiro atoms. The molecule has 0 bridgehead atoms. The highest BCUT2D eigenvalue weighted by Gasteiger charge is 2.25. The fraction of sp³-hybridized carbons (Fsp3) is 0.308. The van der Waals surface area contributed by atoms with Gasteiger partial charge in [0.05, 0.1) is 16.7 Å². The summed E-state index contributed by atoms with van der Waals surface area (Å²) in [6, 6.07) is 11.7. The molecule has 0 fully saturated rings. The number of fused-ring (bicyclic) bond motifs is 1. The molecule has 0 radical (unpaired) electrons. The first-order valence-corrected chi connectivity index (χ1v) is 13.7. The Morgan fingerprint density at radius 3 is 2.27 bits per heavy atom. The van der Waals surface area contributed by atoms with Gasteiger partial charge in [-0.1, -0.05) is 29.6 Å². The molecule has 1 heterocycles. The van der Waals surface area contributed by atoms with Crippen molar-refractivity contribution in [2.45, 2.75) is 11.3 Å². The predicted molar refractivity (Wildman–Crippen MR) is 154 cm³/mol. The number of thiazole rings is 1. The van der Waals surface area contributed by atoms with E-state index in [0.717, 1.165) is 17.7 Å². The summed E-state index contributed by atoms with van der Waals surface area (Å²) in [4.78, 5) is 22.1. The second kappa shape index (κ2) is 13.7. The van der Waals surface area contributed by atoms with Crippen LogP contribution in [0.3, 0.4) is 0 Å². The van der Waals surface area contributed by atoms with Crippen LogP contribution >= 0.6 is 23.7 Å². The Morgan fingerprint density at radius 2 is 1.70 bits per heavy atom. The zero-order valence-electron chi connectivity index (χ0n) is 21.3. The van der Waals surface area contributed by atoms with Gasteiger partial charge in [-0.05, 0) is 63.5 Å². The number of amides is 1. The molecule has 0 atom stereocenters. The van der Waals surface area contributed by atoms with Crippen molar-refractivity contribution in [3.05, 3.63) is 73.3 Å². The van der Waals surface area contributed by atoms with Crippen LogP contribution in [0.1, 0.15) is 16.8 Å². The van der Waals surface area contributed by atoms with Gasteiger partial charge < -0.3 is 9.64 Å². The molecule has 3 rings (SSSR count). The second-order valence-corrected chi connectivity index (χ2v) is 11.3. The minimum absolute atomic E-state index is 0. The first-order chi connectivity index (χ1) is 17.2. The van der Waals surface area contributed by atoms with E-state index in [4.69, 9.17) is 9.72 Å². The van der Waals surface area contributed by atoms with E-state index in [1.165, 1.54) is 39.9 Å². The Balaban J connectivity index is 0.00000481. The van der Waals surface area contributed by atoms with Crippen molar-refractivity contribution in [2.75, 3.05) is 52.3 Å². The van der Waals surface area contributed by atoms with Crippen LogP contribution in [0, 0.1) is 0 Å². The molecule has 1 aromatic heterocycles. The van der Waals surface area contributed by atoms with Crippen LogP contribution in [-0.2, 0) is 10.0 Å². The van der Waals surface area contributed by atoms with E-state index < -0.39 is 10.0 Å². The lowest BCUT2D eigenvalue weighted by molar-refractivity contribution is 0.0986. The number of nitrogens with zero attached hydrogens (tertiary/aromatic N) is 4. The molecule has 11 heteroatoms. The minimum atomic E-state index is -3.75. The van der Waals surface area contributed by atoms with Gasteiger partial charge in [0, 0.05) is 25.2 Å². The van der Waals surface area contributed by atoms with E-state index in [-0.39, 0.29) is 36.3 Å². The lowest BCUT2D eigenvalue weighted by Gasteiger charge is -2.22. The predicted octanol–water partition coefficient (Wildman–Crippen LogP) is 4.69. The fourth-order valence-corrected chi connectivity index (χ4v) is 6.04. The molecule has 1 amide bonds. The number of aromatic nitrogens is 1. The van der Waals surface area contributed by atoms with Crippen molar-refractivity contribution in [1.29, 1.82) is 0 Å². The molecule has 8 nitrogen and oxygen atoms in total. The minimum Gasteiger partial charge on any atom is -0.494 e. The van der Waals surface area contributed by atoms with Gasteiger partial charge in [-0.2, -0.15) is 4.31 Å². The number of rotatable bonds is 13. The molecule has 0 saturated carbocycles. The van der Waals surface area contributed by atoms with Gasteiger partial charge in [0.25, 0.3) is 5.91 Å². The SMILES string of the molecule is C=CCN(CC=C)S(=O)(=O)c1ccc(C(=O)N(CCCN(C)C)c2nc3c(OC)cccc3s2)cc1.Cl. The topological polar surface area (TPSA) is 83.1 Å². The zero-order chi connectivity index (χ0) is 26.3. The number of benzene rings is 2. The van der Waals surface area contributed by atoms with E-state index in [1.807, 2.05) is 32.3 Å². The van der Waals surface area contributed by atoms with E-state index >= 15 is 0 Å². The summed E-state index contributed by atoms with van der Waals surface area (Å²) in [5.74, 6) is 0.401. The lowest BCUT2D eigenvalue weighted by Crippen LogP contribution is -2.33. The molecular formula is C26H33ClN4O4S2.